The van der Waals surface area contributed by atoms with Gasteiger partial charge in [0, 0.05) is 23.3 Å². The van der Waals surface area contributed by atoms with Crippen LogP contribution in [-0.2, 0) is 27.8 Å². The van der Waals surface area contributed by atoms with Gasteiger partial charge in [-0.15, -0.1) is 0 Å². The second kappa shape index (κ2) is 10.4. The van der Waals surface area contributed by atoms with Gasteiger partial charge in [0.2, 0.25) is 15.9 Å². The number of anilines is 1. The van der Waals surface area contributed by atoms with E-state index in [1.165, 1.54) is 5.56 Å². The molecule has 4 aromatic rings. The van der Waals surface area contributed by atoms with Crippen LogP contribution in [0.1, 0.15) is 52.9 Å². The average Bonchev–Trinajstić information content (AvgIpc) is 3.67. The van der Waals surface area contributed by atoms with E-state index in [4.69, 9.17) is 0 Å². The molecule has 6 nitrogen and oxygen atoms in total. The number of nitrogens with zero attached hydrogens (tertiary/aromatic N) is 2. The van der Waals surface area contributed by atoms with E-state index in [0.717, 1.165) is 41.0 Å². The van der Waals surface area contributed by atoms with E-state index in [1.54, 1.807) is 30.3 Å². The molecule has 0 saturated heterocycles. The van der Waals surface area contributed by atoms with Crippen molar-refractivity contribution in [1.29, 1.82) is 0 Å². The SMILES string of the molecule is Cc1cccc(CN(C(=O)[C@H]2C[C@@H]2c2ccccc2)c2ccc3c(c2)[C@H](NS(=O)(=O)c2ccccc2)CC3)n1. The summed E-state index contributed by atoms with van der Waals surface area (Å²) in [5.41, 5.74) is 5.71. The maximum atomic E-state index is 14.0. The van der Waals surface area contributed by atoms with E-state index in [2.05, 4.69) is 21.8 Å². The minimum atomic E-state index is -3.67. The van der Waals surface area contributed by atoms with E-state index < -0.39 is 10.0 Å². The molecule has 39 heavy (non-hydrogen) atoms. The van der Waals surface area contributed by atoms with E-state index in [-0.39, 0.29) is 28.7 Å². The number of pyridine rings is 1. The topological polar surface area (TPSA) is 79.4 Å². The van der Waals surface area contributed by atoms with Crippen LogP contribution in [0.15, 0.2) is 102 Å². The Morgan fingerprint density at radius 1 is 0.949 bits per heavy atom. The Labute approximate surface area is 229 Å². The fourth-order valence-electron chi connectivity index (χ4n) is 5.62. The molecule has 1 amide bonds. The Morgan fingerprint density at radius 3 is 2.44 bits per heavy atom. The highest BCUT2D eigenvalue weighted by molar-refractivity contribution is 7.89. The number of nitrogens with one attached hydrogen (secondary N) is 1. The number of aromatic nitrogens is 1. The van der Waals surface area contributed by atoms with Crippen molar-refractivity contribution in [1.82, 2.24) is 9.71 Å². The molecule has 2 aliphatic rings. The number of hydrogen-bond donors (Lipinski definition) is 1. The van der Waals surface area contributed by atoms with Crippen LogP contribution in [0.5, 0.6) is 0 Å². The molecule has 1 aromatic heterocycles. The van der Waals surface area contributed by atoms with Gasteiger partial charge in [-0.2, -0.15) is 0 Å². The summed E-state index contributed by atoms with van der Waals surface area (Å²) in [4.78, 5) is 20.7. The Balaban J connectivity index is 1.30. The maximum Gasteiger partial charge on any atom is 0.241 e. The van der Waals surface area contributed by atoms with Crippen LogP contribution < -0.4 is 9.62 Å². The summed E-state index contributed by atoms with van der Waals surface area (Å²) >= 11 is 0. The van der Waals surface area contributed by atoms with Gasteiger partial charge in [-0.05, 0) is 85.2 Å². The number of aryl methyl sites for hydroxylation is 2. The first-order valence-corrected chi connectivity index (χ1v) is 14.9. The molecule has 1 N–H and O–H groups in total. The molecule has 2 aliphatic carbocycles. The summed E-state index contributed by atoms with van der Waals surface area (Å²) in [6.07, 6.45) is 2.28. The molecule has 3 aromatic carbocycles. The Hall–Kier alpha value is -3.81. The average molecular weight is 538 g/mol. The summed E-state index contributed by atoms with van der Waals surface area (Å²) in [7, 11) is -3.67. The molecule has 1 fully saturated rings. The summed E-state index contributed by atoms with van der Waals surface area (Å²) in [5, 5.41) is 0. The number of fused-ring (bicyclic) bond motifs is 1. The molecule has 3 atom stereocenters. The first-order valence-electron chi connectivity index (χ1n) is 13.4. The zero-order chi connectivity index (χ0) is 27.0. The number of carbonyl (C=O) groups is 1. The van der Waals surface area contributed by atoms with Gasteiger partial charge < -0.3 is 4.90 Å². The molecule has 1 saturated carbocycles. The minimum absolute atomic E-state index is 0.0755. The smallest absolute Gasteiger partial charge is 0.241 e. The quantitative estimate of drug-likeness (QED) is 0.313. The molecule has 0 bridgehead atoms. The second-order valence-corrected chi connectivity index (χ2v) is 12.2. The molecule has 0 radical (unpaired) electrons. The highest BCUT2D eigenvalue weighted by Gasteiger charge is 2.46. The zero-order valence-corrected chi connectivity index (χ0v) is 22.6. The fourth-order valence-corrected chi connectivity index (χ4v) is 6.89. The largest absolute Gasteiger partial charge is 0.306 e. The van der Waals surface area contributed by atoms with Gasteiger partial charge in [0.05, 0.1) is 17.1 Å². The van der Waals surface area contributed by atoms with Gasteiger partial charge in [0.25, 0.3) is 0 Å². The van der Waals surface area contributed by atoms with Crippen molar-refractivity contribution >= 4 is 21.6 Å². The Kier molecular flexibility index (Phi) is 6.79. The van der Waals surface area contributed by atoms with Gasteiger partial charge in [-0.25, -0.2) is 13.1 Å². The molecule has 7 heteroatoms. The molecular formula is C32H31N3O3S. The van der Waals surface area contributed by atoms with Crippen molar-refractivity contribution in [3.63, 3.8) is 0 Å². The van der Waals surface area contributed by atoms with Crippen LogP contribution in [0, 0.1) is 12.8 Å². The number of benzene rings is 3. The second-order valence-electron chi connectivity index (χ2n) is 10.5. The number of carbonyl (C=O) groups excluding carboxylic acids is 1. The van der Waals surface area contributed by atoms with Crippen LogP contribution in [0.2, 0.25) is 0 Å². The van der Waals surface area contributed by atoms with E-state index in [0.29, 0.717) is 13.0 Å². The highest BCUT2D eigenvalue weighted by atomic mass is 32.2. The summed E-state index contributed by atoms with van der Waals surface area (Å²) in [5.74, 6) is 0.205. The number of amides is 1. The maximum absolute atomic E-state index is 14.0. The first-order chi connectivity index (χ1) is 18.9. The van der Waals surface area contributed by atoms with E-state index in [1.807, 2.05) is 66.4 Å². The number of hydrogen-bond acceptors (Lipinski definition) is 4. The molecule has 1 heterocycles. The van der Waals surface area contributed by atoms with Crippen molar-refractivity contribution in [3.05, 3.63) is 125 Å². The standard InChI is InChI=1S/C32H31N3O3S/c1-22-9-8-12-25(33-22)21-35(32(36)30-20-28(30)23-10-4-2-5-11-23)26-17-15-24-16-18-31(29(24)19-26)34-39(37,38)27-13-6-3-7-14-27/h2-15,17,19,28,30-31,34H,16,18,20-21H2,1H3/t28-,30+,31-/m1/s1. The molecule has 6 rings (SSSR count). The monoisotopic (exact) mass is 537 g/mol. The van der Waals surface area contributed by atoms with E-state index in [9.17, 15) is 13.2 Å². The van der Waals surface area contributed by atoms with Crippen molar-refractivity contribution in [2.24, 2.45) is 5.92 Å². The van der Waals surface area contributed by atoms with Crippen molar-refractivity contribution in [2.45, 2.75) is 49.6 Å². The third-order valence-corrected chi connectivity index (χ3v) is 9.22. The lowest BCUT2D eigenvalue weighted by Crippen LogP contribution is -2.33. The molecule has 0 spiro atoms. The van der Waals surface area contributed by atoms with Crippen LogP contribution >= 0.6 is 0 Å². The van der Waals surface area contributed by atoms with E-state index >= 15 is 0 Å². The fraction of sp³-hybridized carbons (Fsp3) is 0.250. The van der Waals surface area contributed by atoms with Gasteiger partial charge >= 0.3 is 0 Å². The van der Waals surface area contributed by atoms with Gasteiger partial charge in [0.15, 0.2) is 0 Å². The first kappa shape index (κ1) is 25.5. The van der Waals surface area contributed by atoms with Crippen LogP contribution in [0.3, 0.4) is 0 Å². The lowest BCUT2D eigenvalue weighted by atomic mass is 10.1. The van der Waals surface area contributed by atoms with Gasteiger partial charge in [-0.3, -0.25) is 9.78 Å². The van der Waals surface area contributed by atoms with Crippen LogP contribution in [-0.4, -0.2) is 19.3 Å². The molecular weight excluding hydrogens is 506 g/mol. The third kappa shape index (κ3) is 5.37. The predicted octanol–water partition coefficient (Wildman–Crippen LogP) is 5.69. The number of sulfonamides is 1. The van der Waals surface area contributed by atoms with Crippen LogP contribution in [0.4, 0.5) is 5.69 Å². The minimum Gasteiger partial charge on any atom is -0.306 e. The lowest BCUT2D eigenvalue weighted by Gasteiger charge is -2.25. The molecule has 198 valence electrons. The number of rotatable bonds is 8. The zero-order valence-electron chi connectivity index (χ0n) is 21.8. The third-order valence-electron chi connectivity index (χ3n) is 7.74. The Morgan fingerprint density at radius 2 is 1.69 bits per heavy atom. The normalized spacial score (nSPS) is 19.9. The summed E-state index contributed by atoms with van der Waals surface area (Å²) in [6, 6.07) is 30.1. The highest BCUT2D eigenvalue weighted by Crippen LogP contribution is 2.49. The Bertz CT molecular complexity index is 1610. The van der Waals surface area contributed by atoms with Gasteiger partial charge in [-0.1, -0.05) is 60.7 Å². The summed E-state index contributed by atoms with van der Waals surface area (Å²) < 4.78 is 29.1. The predicted molar refractivity (Wildman–Crippen MR) is 152 cm³/mol. The van der Waals surface area contributed by atoms with Crippen molar-refractivity contribution in [2.75, 3.05) is 4.90 Å². The van der Waals surface area contributed by atoms with Crippen molar-refractivity contribution < 1.29 is 13.2 Å². The molecule has 0 unspecified atom stereocenters. The molecule has 0 aliphatic heterocycles. The van der Waals surface area contributed by atoms with Crippen molar-refractivity contribution in [3.8, 4) is 0 Å². The van der Waals surface area contributed by atoms with Crippen LogP contribution in [0.25, 0.3) is 0 Å². The van der Waals surface area contributed by atoms with Gasteiger partial charge in [0.1, 0.15) is 0 Å². The lowest BCUT2D eigenvalue weighted by molar-refractivity contribution is -0.120. The summed E-state index contributed by atoms with van der Waals surface area (Å²) in [6.45, 7) is 2.30.